The molecule has 1 heterocycles. The second kappa shape index (κ2) is 4.92. The lowest BCUT2D eigenvalue weighted by molar-refractivity contribution is 0.100. The molecule has 3 rings (SSSR count). The summed E-state index contributed by atoms with van der Waals surface area (Å²) in [6, 6.07) is 10.9. The molecule has 0 aliphatic carbocycles. The maximum Gasteiger partial charge on any atom is 0.248 e. The number of imidazole rings is 1. The number of carbonyl (C=O) groups excluding carboxylic acids is 1. The summed E-state index contributed by atoms with van der Waals surface area (Å²) in [4.78, 5) is 18.9. The maximum absolute atomic E-state index is 11.2. The fourth-order valence-electron chi connectivity index (χ4n) is 2.00. The molecule has 1 aromatic heterocycles. The molecular weight excluding hydrogens is 342 g/mol. The van der Waals surface area contributed by atoms with E-state index in [9.17, 15) is 4.79 Å². The van der Waals surface area contributed by atoms with E-state index in [1.165, 1.54) is 6.07 Å². The maximum atomic E-state index is 11.2. The topological polar surface area (TPSA) is 71.8 Å². The average molecular weight is 351 g/mol. The van der Waals surface area contributed by atoms with E-state index in [0.717, 1.165) is 10.0 Å². The molecule has 1 amide bonds. The first kappa shape index (κ1) is 13.1. The number of nitrogens with two attached hydrogens (primary N) is 1. The van der Waals surface area contributed by atoms with E-state index in [1.807, 2.05) is 24.3 Å². The Hall–Kier alpha value is -1.85. The molecule has 0 fully saturated rings. The van der Waals surface area contributed by atoms with Crippen LogP contribution in [-0.4, -0.2) is 15.9 Å². The van der Waals surface area contributed by atoms with Crippen molar-refractivity contribution in [2.45, 2.75) is 0 Å². The fraction of sp³-hybridized carbons (Fsp3) is 0. The number of hydrogen-bond acceptors (Lipinski definition) is 2. The first-order chi connectivity index (χ1) is 9.56. The van der Waals surface area contributed by atoms with Crippen molar-refractivity contribution < 1.29 is 4.79 Å². The number of primary amides is 1. The molecule has 20 heavy (non-hydrogen) atoms. The van der Waals surface area contributed by atoms with Gasteiger partial charge in [-0.25, -0.2) is 4.98 Å². The Labute approximate surface area is 128 Å². The number of nitrogens with one attached hydrogen (secondary N) is 1. The fourth-order valence-corrected chi connectivity index (χ4v) is 2.73. The number of aromatic nitrogens is 2. The van der Waals surface area contributed by atoms with E-state index in [2.05, 4.69) is 25.9 Å². The van der Waals surface area contributed by atoms with Crippen LogP contribution in [0.25, 0.3) is 22.4 Å². The smallest absolute Gasteiger partial charge is 0.248 e. The minimum Gasteiger partial charge on any atom is -0.366 e. The number of H-pyrrole nitrogens is 1. The van der Waals surface area contributed by atoms with Crippen molar-refractivity contribution in [3.05, 3.63) is 51.5 Å². The molecule has 6 heteroatoms. The lowest BCUT2D eigenvalue weighted by atomic mass is 10.2. The third-order valence-electron chi connectivity index (χ3n) is 2.95. The number of benzene rings is 2. The van der Waals surface area contributed by atoms with E-state index in [0.29, 0.717) is 27.4 Å². The van der Waals surface area contributed by atoms with Gasteiger partial charge < -0.3 is 10.7 Å². The van der Waals surface area contributed by atoms with E-state index in [-0.39, 0.29) is 0 Å². The van der Waals surface area contributed by atoms with Crippen LogP contribution in [0.2, 0.25) is 5.02 Å². The van der Waals surface area contributed by atoms with Crippen molar-refractivity contribution in [3.8, 4) is 11.4 Å². The predicted octanol–water partition coefficient (Wildman–Crippen LogP) is 3.74. The van der Waals surface area contributed by atoms with Crippen LogP contribution in [0.3, 0.4) is 0 Å². The van der Waals surface area contributed by atoms with Gasteiger partial charge in [-0.15, -0.1) is 0 Å². The molecule has 0 saturated heterocycles. The van der Waals surface area contributed by atoms with Crippen molar-refractivity contribution >= 4 is 44.5 Å². The molecule has 4 nitrogen and oxygen atoms in total. The Morgan fingerprint density at radius 1 is 1.30 bits per heavy atom. The summed E-state index contributed by atoms with van der Waals surface area (Å²) >= 11 is 9.62. The van der Waals surface area contributed by atoms with Crippen LogP contribution in [0.5, 0.6) is 0 Å². The van der Waals surface area contributed by atoms with Gasteiger partial charge >= 0.3 is 0 Å². The monoisotopic (exact) mass is 349 g/mol. The second-order valence-corrected chi connectivity index (χ2v) is 5.55. The van der Waals surface area contributed by atoms with Gasteiger partial charge in [0.2, 0.25) is 5.91 Å². The number of halogens is 2. The minimum atomic E-state index is -0.522. The zero-order valence-electron chi connectivity index (χ0n) is 10.2. The van der Waals surface area contributed by atoms with Crippen LogP contribution in [0.1, 0.15) is 10.4 Å². The van der Waals surface area contributed by atoms with E-state index in [4.69, 9.17) is 17.3 Å². The van der Waals surface area contributed by atoms with Crippen molar-refractivity contribution in [2.24, 2.45) is 5.73 Å². The number of amides is 1. The Morgan fingerprint density at radius 2 is 2.05 bits per heavy atom. The molecule has 2 aromatic carbocycles. The summed E-state index contributed by atoms with van der Waals surface area (Å²) < 4.78 is 0.922. The first-order valence-electron chi connectivity index (χ1n) is 5.80. The molecule has 0 unspecified atom stereocenters. The number of fused-ring (bicyclic) bond motifs is 1. The number of hydrogen-bond donors (Lipinski definition) is 2. The zero-order valence-corrected chi connectivity index (χ0v) is 12.5. The van der Waals surface area contributed by atoms with Crippen LogP contribution in [0.15, 0.2) is 40.9 Å². The zero-order chi connectivity index (χ0) is 14.3. The van der Waals surface area contributed by atoms with Gasteiger partial charge in [0, 0.05) is 15.6 Å². The van der Waals surface area contributed by atoms with Crippen molar-refractivity contribution in [3.63, 3.8) is 0 Å². The van der Waals surface area contributed by atoms with Crippen molar-refractivity contribution in [1.82, 2.24) is 9.97 Å². The van der Waals surface area contributed by atoms with Gasteiger partial charge in [0.05, 0.1) is 10.5 Å². The highest BCUT2D eigenvalue weighted by molar-refractivity contribution is 9.10. The van der Waals surface area contributed by atoms with Crippen LogP contribution in [0.4, 0.5) is 0 Å². The molecule has 0 atom stereocenters. The van der Waals surface area contributed by atoms with Crippen LogP contribution in [0, 0.1) is 0 Å². The highest BCUT2D eigenvalue weighted by Gasteiger charge is 2.13. The summed E-state index contributed by atoms with van der Waals surface area (Å²) in [6.07, 6.45) is 0. The standard InChI is InChI=1S/C14H9BrClN3O/c15-9-4-2-1-3-8(9)14-18-11-6-7(13(17)20)5-10(16)12(11)19-14/h1-6H,(H2,17,20)(H,18,19). The predicted molar refractivity (Wildman–Crippen MR) is 82.8 cm³/mol. The Kier molecular flexibility index (Phi) is 3.23. The van der Waals surface area contributed by atoms with Crippen molar-refractivity contribution in [2.75, 3.05) is 0 Å². The van der Waals surface area contributed by atoms with Crippen LogP contribution >= 0.6 is 27.5 Å². The Balaban J connectivity index is 2.23. The summed E-state index contributed by atoms with van der Waals surface area (Å²) in [6.45, 7) is 0. The second-order valence-electron chi connectivity index (χ2n) is 4.28. The third kappa shape index (κ3) is 2.19. The van der Waals surface area contributed by atoms with E-state index < -0.39 is 5.91 Å². The summed E-state index contributed by atoms with van der Waals surface area (Å²) in [5.41, 5.74) is 7.84. The van der Waals surface area contributed by atoms with Crippen molar-refractivity contribution in [1.29, 1.82) is 0 Å². The lowest BCUT2D eigenvalue weighted by Crippen LogP contribution is -2.10. The lowest BCUT2D eigenvalue weighted by Gasteiger charge is -1.98. The molecular formula is C14H9BrClN3O. The van der Waals surface area contributed by atoms with Gasteiger partial charge in [-0.1, -0.05) is 45.7 Å². The largest absolute Gasteiger partial charge is 0.366 e. The number of rotatable bonds is 2. The molecule has 0 spiro atoms. The molecule has 0 radical (unpaired) electrons. The summed E-state index contributed by atoms with van der Waals surface area (Å²) in [5, 5.41) is 0.394. The van der Waals surface area contributed by atoms with Gasteiger partial charge in [-0.3, -0.25) is 4.79 Å². The molecule has 0 saturated carbocycles. The number of aromatic amines is 1. The van der Waals surface area contributed by atoms with Gasteiger partial charge in [0.1, 0.15) is 11.3 Å². The van der Waals surface area contributed by atoms with Crippen LogP contribution in [-0.2, 0) is 0 Å². The minimum absolute atomic E-state index is 0.352. The van der Waals surface area contributed by atoms with Crippen LogP contribution < -0.4 is 5.73 Å². The highest BCUT2D eigenvalue weighted by atomic mass is 79.9. The average Bonchev–Trinajstić information content (AvgIpc) is 2.83. The molecule has 0 aliphatic heterocycles. The van der Waals surface area contributed by atoms with Gasteiger partial charge in [-0.2, -0.15) is 0 Å². The third-order valence-corrected chi connectivity index (χ3v) is 3.93. The molecule has 100 valence electrons. The quantitative estimate of drug-likeness (QED) is 0.739. The Bertz CT molecular complexity index is 828. The summed E-state index contributed by atoms with van der Waals surface area (Å²) in [7, 11) is 0. The highest BCUT2D eigenvalue weighted by Crippen LogP contribution is 2.30. The molecule has 3 aromatic rings. The molecule has 0 bridgehead atoms. The molecule has 0 aliphatic rings. The first-order valence-corrected chi connectivity index (χ1v) is 6.97. The SMILES string of the molecule is NC(=O)c1cc(Cl)c2nc(-c3ccccc3Br)[nH]c2c1. The van der Waals surface area contributed by atoms with Gasteiger partial charge in [-0.05, 0) is 18.2 Å². The number of carbonyl (C=O) groups is 1. The van der Waals surface area contributed by atoms with Gasteiger partial charge in [0.25, 0.3) is 0 Å². The van der Waals surface area contributed by atoms with E-state index >= 15 is 0 Å². The van der Waals surface area contributed by atoms with E-state index in [1.54, 1.807) is 6.07 Å². The van der Waals surface area contributed by atoms with Gasteiger partial charge in [0.15, 0.2) is 0 Å². The molecule has 3 N–H and O–H groups in total. The normalized spacial score (nSPS) is 10.9. The number of nitrogens with zero attached hydrogens (tertiary/aromatic N) is 1. The summed E-state index contributed by atoms with van der Waals surface area (Å²) in [5.74, 6) is 0.154. The Morgan fingerprint density at radius 3 is 2.75 bits per heavy atom.